The van der Waals surface area contributed by atoms with E-state index >= 15 is 0 Å². The van der Waals surface area contributed by atoms with Gasteiger partial charge in [-0.25, -0.2) is 0 Å². The molecule has 0 heterocycles. The van der Waals surface area contributed by atoms with E-state index in [0.717, 1.165) is 11.1 Å². The molecule has 0 aliphatic rings. The van der Waals surface area contributed by atoms with Crippen LogP contribution >= 0.6 is 0 Å². The highest BCUT2D eigenvalue weighted by Gasteiger charge is 2.22. The van der Waals surface area contributed by atoms with Crippen LogP contribution in [-0.4, -0.2) is 17.9 Å². The van der Waals surface area contributed by atoms with Gasteiger partial charge >= 0.3 is 0 Å². The highest BCUT2D eigenvalue weighted by atomic mass is 16.6. The van der Waals surface area contributed by atoms with Crippen molar-refractivity contribution in [3.05, 3.63) is 94.0 Å². The van der Waals surface area contributed by atoms with E-state index in [1.54, 1.807) is 18.2 Å². The van der Waals surface area contributed by atoms with Gasteiger partial charge in [0.1, 0.15) is 11.8 Å². The number of rotatable bonds is 7. The summed E-state index contributed by atoms with van der Waals surface area (Å²) in [6.07, 6.45) is 0. The second-order valence-corrected chi connectivity index (χ2v) is 6.49. The molecule has 7 heteroatoms. The lowest BCUT2D eigenvalue weighted by Gasteiger charge is -2.21. The molecule has 1 atom stereocenters. The predicted octanol–water partition coefficient (Wildman–Crippen LogP) is 4.70. The highest BCUT2D eigenvalue weighted by molar-refractivity contribution is 5.98. The van der Waals surface area contributed by atoms with Crippen LogP contribution in [0.25, 0.3) is 0 Å². The van der Waals surface area contributed by atoms with Crippen molar-refractivity contribution in [2.75, 3.05) is 17.7 Å². The summed E-state index contributed by atoms with van der Waals surface area (Å²) in [5.41, 5.74) is 2.67. The lowest BCUT2D eigenvalue weighted by molar-refractivity contribution is -0.384. The molecule has 3 aromatic carbocycles. The fourth-order valence-corrected chi connectivity index (χ4v) is 2.95. The minimum absolute atomic E-state index is 0.0532. The van der Waals surface area contributed by atoms with Gasteiger partial charge < -0.3 is 15.4 Å². The van der Waals surface area contributed by atoms with Crippen LogP contribution in [0, 0.1) is 17.0 Å². The molecule has 0 bridgehead atoms. The second kappa shape index (κ2) is 8.88. The smallest absolute Gasteiger partial charge is 0.271 e. The Balaban J connectivity index is 1.92. The number of carbonyl (C=O) groups is 1. The topological polar surface area (TPSA) is 93.5 Å². The number of hydrogen-bond acceptors (Lipinski definition) is 5. The predicted molar refractivity (Wildman–Crippen MR) is 112 cm³/mol. The first-order valence-corrected chi connectivity index (χ1v) is 8.99. The minimum atomic E-state index is -0.761. The van der Waals surface area contributed by atoms with Gasteiger partial charge in [0.25, 0.3) is 11.6 Å². The van der Waals surface area contributed by atoms with Crippen molar-refractivity contribution < 1.29 is 14.5 Å². The summed E-state index contributed by atoms with van der Waals surface area (Å²) in [6.45, 7) is 1.92. The molecule has 2 N–H and O–H groups in total. The monoisotopic (exact) mass is 391 g/mol. The molecule has 0 fully saturated rings. The van der Waals surface area contributed by atoms with Crippen molar-refractivity contribution in [2.45, 2.75) is 13.0 Å². The van der Waals surface area contributed by atoms with Gasteiger partial charge in [-0.05, 0) is 36.2 Å². The zero-order chi connectivity index (χ0) is 20.8. The zero-order valence-corrected chi connectivity index (χ0v) is 16.1. The van der Waals surface area contributed by atoms with Gasteiger partial charge in [0.05, 0.1) is 17.7 Å². The van der Waals surface area contributed by atoms with E-state index in [1.165, 1.54) is 19.2 Å². The molecule has 148 valence electrons. The third kappa shape index (κ3) is 4.90. The Labute approximate surface area is 168 Å². The number of ether oxygens (including phenoxy) is 1. The van der Waals surface area contributed by atoms with E-state index in [2.05, 4.69) is 10.6 Å². The van der Waals surface area contributed by atoms with E-state index in [-0.39, 0.29) is 11.6 Å². The third-order valence-electron chi connectivity index (χ3n) is 4.38. The lowest BCUT2D eigenvalue weighted by Crippen LogP contribution is -2.27. The van der Waals surface area contributed by atoms with Gasteiger partial charge in [-0.15, -0.1) is 0 Å². The highest BCUT2D eigenvalue weighted by Crippen LogP contribution is 2.28. The third-order valence-corrected chi connectivity index (χ3v) is 4.38. The number of nitrogens with one attached hydrogen (secondary N) is 2. The Kier molecular flexibility index (Phi) is 6.09. The van der Waals surface area contributed by atoms with Crippen LogP contribution in [0.15, 0.2) is 72.8 Å². The Hall–Kier alpha value is -3.87. The standard InChI is InChI=1S/C22H21N3O4/c1-15-11-12-20(29-2)19(13-15)24-22(26)21(16-7-4-3-5-8-16)23-17-9-6-10-18(14-17)25(27)28/h3-14,21,23H,1-2H3,(H,24,26)/t21-/m1/s1. The molecule has 7 nitrogen and oxygen atoms in total. The molecule has 0 aliphatic heterocycles. The van der Waals surface area contributed by atoms with Crippen LogP contribution < -0.4 is 15.4 Å². The van der Waals surface area contributed by atoms with Gasteiger partial charge in [0.2, 0.25) is 0 Å². The molecule has 0 saturated carbocycles. The van der Waals surface area contributed by atoms with Gasteiger partial charge in [-0.2, -0.15) is 0 Å². The number of anilines is 2. The molecular weight excluding hydrogens is 370 g/mol. The van der Waals surface area contributed by atoms with Crippen LogP contribution in [-0.2, 0) is 4.79 Å². The summed E-state index contributed by atoms with van der Waals surface area (Å²) in [5, 5.41) is 17.1. The van der Waals surface area contributed by atoms with Crippen LogP contribution in [0.1, 0.15) is 17.2 Å². The average molecular weight is 391 g/mol. The molecule has 0 spiro atoms. The molecule has 0 saturated heterocycles. The summed E-state index contributed by atoms with van der Waals surface area (Å²) < 4.78 is 5.34. The Morgan fingerprint density at radius 3 is 2.48 bits per heavy atom. The van der Waals surface area contributed by atoms with Gasteiger partial charge in [0.15, 0.2) is 0 Å². The Morgan fingerprint density at radius 1 is 1.03 bits per heavy atom. The molecule has 0 radical (unpaired) electrons. The maximum Gasteiger partial charge on any atom is 0.271 e. The summed E-state index contributed by atoms with van der Waals surface area (Å²) in [7, 11) is 1.54. The number of methoxy groups -OCH3 is 1. The van der Waals surface area contributed by atoms with Crippen LogP contribution in [0.2, 0.25) is 0 Å². The average Bonchev–Trinajstić information content (AvgIpc) is 2.73. The van der Waals surface area contributed by atoms with E-state index in [1.807, 2.05) is 49.4 Å². The number of nitrogens with zero attached hydrogens (tertiary/aromatic N) is 1. The van der Waals surface area contributed by atoms with Crippen LogP contribution in [0.5, 0.6) is 5.75 Å². The molecule has 29 heavy (non-hydrogen) atoms. The zero-order valence-electron chi connectivity index (χ0n) is 16.1. The quantitative estimate of drug-likeness (QED) is 0.450. The fourth-order valence-electron chi connectivity index (χ4n) is 2.95. The van der Waals surface area contributed by atoms with E-state index in [0.29, 0.717) is 17.1 Å². The summed E-state index contributed by atoms with van der Waals surface area (Å²) >= 11 is 0. The number of amides is 1. The fraction of sp³-hybridized carbons (Fsp3) is 0.136. The van der Waals surface area contributed by atoms with Crippen molar-refractivity contribution in [3.63, 3.8) is 0 Å². The van der Waals surface area contributed by atoms with E-state index < -0.39 is 11.0 Å². The normalized spacial score (nSPS) is 11.4. The number of nitro groups is 1. The largest absolute Gasteiger partial charge is 0.495 e. The molecule has 0 aromatic heterocycles. The van der Waals surface area contributed by atoms with Crippen LogP contribution in [0.3, 0.4) is 0 Å². The first kappa shape index (κ1) is 19.9. The molecule has 1 amide bonds. The minimum Gasteiger partial charge on any atom is -0.495 e. The van der Waals surface area contributed by atoms with Crippen molar-refractivity contribution in [1.82, 2.24) is 0 Å². The summed E-state index contributed by atoms with van der Waals surface area (Å²) in [4.78, 5) is 23.8. The second-order valence-electron chi connectivity index (χ2n) is 6.49. The molecule has 3 aromatic rings. The summed E-state index contributed by atoms with van der Waals surface area (Å²) in [5.74, 6) is 0.234. The van der Waals surface area contributed by atoms with Crippen molar-refractivity contribution in [1.29, 1.82) is 0 Å². The number of nitro benzene ring substituents is 1. The molecule has 0 aliphatic carbocycles. The van der Waals surface area contributed by atoms with Crippen molar-refractivity contribution in [2.24, 2.45) is 0 Å². The maximum absolute atomic E-state index is 13.2. The number of benzene rings is 3. The van der Waals surface area contributed by atoms with E-state index in [9.17, 15) is 14.9 Å². The molecular formula is C22H21N3O4. The van der Waals surface area contributed by atoms with Gasteiger partial charge in [-0.1, -0.05) is 42.5 Å². The lowest BCUT2D eigenvalue weighted by atomic mass is 10.1. The van der Waals surface area contributed by atoms with Gasteiger partial charge in [-0.3, -0.25) is 14.9 Å². The molecule has 0 unspecified atom stereocenters. The molecule has 3 rings (SSSR count). The maximum atomic E-state index is 13.2. The van der Waals surface area contributed by atoms with Crippen molar-refractivity contribution >= 4 is 23.0 Å². The Bertz CT molecular complexity index is 1020. The number of hydrogen-bond donors (Lipinski definition) is 2. The SMILES string of the molecule is COc1ccc(C)cc1NC(=O)[C@H](Nc1cccc([N+](=O)[O-])c1)c1ccccc1. The number of aryl methyl sites for hydroxylation is 1. The number of non-ortho nitro benzene ring substituents is 1. The van der Waals surface area contributed by atoms with Gasteiger partial charge in [0, 0.05) is 17.8 Å². The first-order chi connectivity index (χ1) is 14.0. The first-order valence-electron chi connectivity index (χ1n) is 8.99. The summed E-state index contributed by atoms with van der Waals surface area (Å²) in [6, 6.07) is 20.0. The Morgan fingerprint density at radius 2 is 1.79 bits per heavy atom. The van der Waals surface area contributed by atoms with Crippen molar-refractivity contribution in [3.8, 4) is 5.75 Å². The van der Waals surface area contributed by atoms with E-state index in [4.69, 9.17) is 4.74 Å². The number of carbonyl (C=O) groups excluding carboxylic acids is 1. The van der Waals surface area contributed by atoms with Crippen LogP contribution in [0.4, 0.5) is 17.1 Å².